The average molecular weight is 265 g/mol. The van der Waals surface area contributed by atoms with Gasteiger partial charge in [0.1, 0.15) is 0 Å². The van der Waals surface area contributed by atoms with E-state index in [1.807, 2.05) is 0 Å². The third-order valence-electron chi connectivity index (χ3n) is 2.87. The summed E-state index contributed by atoms with van der Waals surface area (Å²) in [5.74, 6) is 0. The normalized spacial score (nSPS) is 15.0. The smallest absolute Gasteiger partial charge is 0.290 e. The number of hydrogen-bond acceptors (Lipinski definition) is 1. The van der Waals surface area contributed by atoms with E-state index in [-0.39, 0.29) is 0 Å². The zero-order valence-electron chi connectivity index (χ0n) is 11.4. The van der Waals surface area contributed by atoms with Gasteiger partial charge < -0.3 is 4.43 Å². The van der Waals surface area contributed by atoms with Crippen molar-refractivity contribution in [3.05, 3.63) is 0 Å². The lowest BCUT2D eigenvalue weighted by molar-refractivity contribution is 0.309. The molecule has 0 saturated carbocycles. The minimum Gasteiger partial charge on any atom is -0.403 e. The van der Waals surface area contributed by atoms with Crippen LogP contribution in [0.2, 0.25) is 12.1 Å². The molecule has 0 aromatic carbocycles. The first-order chi connectivity index (χ1) is 7.68. The summed E-state index contributed by atoms with van der Waals surface area (Å²) in [6.07, 6.45) is 8.75. The number of rotatable bonds is 11. The molecule has 0 bridgehead atoms. The summed E-state index contributed by atoms with van der Waals surface area (Å²) >= 11 is 6.69. The summed E-state index contributed by atoms with van der Waals surface area (Å²) in [5.41, 5.74) is 0. The van der Waals surface area contributed by atoms with Crippen LogP contribution in [0, 0.1) is 0 Å². The third-order valence-corrected chi connectivity index (χ3v) is 7.26. The Balaban J connectivity index is 3.86. The highest BCUT2D eigenvalue weighted by atomic mass is 35.6. The molecule has 0 aliphatic rings. The number of halogens is 1. The Morgan fingerprint density at radius 2 is 1.44 bits per heavy atom. The second-order valence-electron chi connectivity index (χ2n) is 4.65. The minimum absolute atomic E-state index is 0.854. The highest BCUT2D eigenvalue weighted by Gasteiger charge is 2.31. The van der Waals surface area contributed by atoms with E-state index in [1.54, 1.807) is 0 Å². The lowest BCUT2D eigenvalue weighted by Crippen LogP contribution is -2.31. The first kappa shape index (κ1) is 16.5. The second-order valence-corrected chi connectivity index (χ2v) is 9.77. The van der Waals surface area contributed by atoms with Crippen LogP contribution in [0.3, 0.4) is 0 Å². The largest absolute Gasteiger partial charge is 0.403 e. The van der Waals surface area contributed by atoms with Gasteiger partial charge in [0, 0.05) is 6.61 Å². The summed E-state index contributed by atoms with van der Waals surface area (Å²) in [4.78, 5) is 0. The van der Waals surface area contributed by atoms with Crippen LogP contribution in [0.5, 0.6) is 0 Å². The van der Waals surface area contributed by atoms with Crippen molar-refractivity contribution >= 4 is 18.7 Å². The zero-order chi connectivity index (χ0) is 12.3. The first-order valence-electron chi connectivity index (χ1n) is 7.01. The summed E-state index contributed by atoms with van der Waals surface area (Å²) in [6, 6.07) is 2.28. The van der Waals surface area contributed by atoms with Crippen LogP contribution in [0.1, 0.15) is 65.7 Å². The van der Waals surface area contributed by atoms with Gasteiger partial charge in [0.25, 0.3) is 7.63 Å². The molecule has 0 saturated heterocycles. The Morgan fingerprint density at radius 3 is 2.00 bits per heavy atom. The molecule has 0 rings (SSSR count). The van der Waals surface area contributed by atoms with Gasteiger partial charge in [0.2, 0.25) is 0 Å². The van der Waals surface area contributed by atoms with E-state index in [0.29, 0.717) is 0 Å². The van der Waals surface area contributed by atoms with E-state index in [9.17, 15) is 0 Å². The predicted molar refractivity (Wildman–Crippen MR) is 76.5 cm³/mol. The molecule has 0 aromatic rings. The van der Waals surface area contributed by atoms with Gasteiger partial charge in [-0.15, -0.1) is 11.1 Å². The Kier molecular flexibility index (Phi) is 10.9. The lowest BCUT2D eigenvalue weighted by atomic mass is 10.2. The lowest BCUT2D eigenvalue weighted by Gasteiger charge is -2.24. The van der Waals surface area contributed by atoms with Gasteiger partial charge in [0.05, 0.1) is 0 Å². The van der Waals surface area contributed by atoms with Crippen molar-refractivity contribution in [3.8, 4) is 0 Å². The molecule has 0 amide bonds. The summed E-state index contributed by atoms with van der Waals surface area (Å²) in [5, 5.41) is 0. The fraction of sp³-hybridized carbons (Fsp3) is 1.00. The van der Waals surface area contributed by atoms with Crippen LogP contribution in [-0.2, 0) is 4.43 Å². The van der Waals surface area contributed by atoms with Crippen molar-refractivity contribution in [2.24, 2.45) is 0 Å². The molecule has 98 valence electrons. The second kappa shape index (κ2) is 10.6. The molecule has 1 unspecified atom stereocenters. The maximum absolute atomic E-state index is 6.69. The van der Waals surface area contributed by atoms with Crippen LogP contribution in [0.25, 0.3) is 0 Å². The molecule has 1 atom stereocenters. The van der Waals surface area contributed by atoms with Gasteiger partial charge in [-0.2, -0.15) is 0 Å². The van der Waals surface area contributed by atoms with Gasteiger partial charge >= 0.3 is 0 Å². The molecule has 0 aliphatic heterocycles. The first-order valence-corrected chi connectivity index (χ1v) is 10.3. The topological polar surface area (TPSA) is 9.23 Å². The van der Waals surface area contributed by atoms with Gasteiger partial charge in [-0.3, -0.25) is 0 Å². The fourth-order valence-electron chi connectivity index (χ4n) is 1.81. The van der Waals surface area contributed by atoms with Crippen LogP contribution < -0.4 is 0 Å². The predicted octanol–water partition coefficient (Wildman–Crippen LogP) is 5.47. The summed E-state index contributed by atoms with van der Waals surface area (Å²) in [7, 11) is -1.87. The van der Waals surface area contributed by atoms with E-state index < -0.39 is 7.63 Å². The number of unbranched alkanes of at least 4 members (excludes halogenated alkanes) is 4. The number of hydrogen-bond donors (Lipinski definition) is 0. The van der Waals surface area contributed by atoms with Crippen molar-refractivity contribution in [1.82, 2.24) is 0 Å². The molecule has 0 spiro atoms. The quantitative estimate of drug-likeness (QED) is 0.273. The minimum atomic E-state index is -1.87. The van der Waals surface area contributed by atoms with Crippen molar-refractivity contribution < 1.29 is 4.43 Å². The Morgan fingerprint density at radius 1 is 0.812 bits per heavy atom. The van der Waals surface area contributed by atoms with E-state index in [1.165, 1.54) is 38.5 Å². The van der Waals surface area contributed by atoms with Crippen LogP contribution in [0.4, 0.5) is 0 Å². The Labute approximate surface area is 108 Å². The highest BCUT2D eigenvalue weighted by molar-refractivity contribution is 7.16. The van der Waals surface area contributed by atoms with Crippen molar-refractivity contribution in [2.45, 2.75) is 77.8 Å². The molecule has 1 nitrogen and oxygen atoms in total. The van der Waals surface area contributed by atoms with E-state index >= 15 is 0 Å². The van der Waals surface area contributed by atoms with Gasteiger partial charge in [-0.25, -0.2) is 0 Å². The van der Waals surface area contributed by atoms with E-state index in [2.05, 4.69) is 20.8 Å². The molecule has 0 heterocycles. The molecular weight excluding hydrogens is 236 g/mol. The molecular formula is C13H29ClOSi. The standard InChI is InChI=1S/C13H29ClOSi/c1-4-7-9-10-13-16(14,12-8-5-2)15-11-6-3/h4-13H2,1-3H3. The molecule has 3 heteroatoms. The summed E-state index contributed by atoms with van der Waals surface area (Å²) in [6.45, 7) is 7.48. The highest BCUT2D eigenvalue weighted by Crippen LogP contribution is 2.27. The third kappa shape index (κ3) is 8.60. The van der Waals surface area contributed by atoms with Crippen LogP contribution in [-0.4, -0.2) is 14.2 Å². The van der Waals surface area contributed by atoms with Crippen molar-refractivity contribution in [3.63, 3.8) is 0 Å². The van der Waals surface area contributed by atoms with Gasteiger partial charge in [0.15, 0.2) is 0 Å². The van der Waals surface area contributed by atoms with E-state index in [0.717, 1.165) is 25.1 Å². The van der Waals surface area contributed by atoms with E-state index in [4.69, 9.17) is 15.5 Å². The molecule has 0 N–H and O–H groups in total. The SMILES string of the molecule is CCCCCC[Si](Cl)(CCCC)OCCC. The van der Waals surface area contributed by atoms with Crippen LogP contribution in [0.15, 0.2) is 0 Å². The van der Waals surface area contributed by atoms with Gasteiger partial charge in [-0.1, -0.05) is 59.3 Å². The molecule has 0 aromatic heterocycles. The monoisotopic (exact) mass is 264 g/mol. The Bertz CT molecular complexity index is 145. The van der Waals surface area contributed by atoms with Crippen LogP contribution >= 0.6 is 11.1 Å². The molecule has 16 heavy (non-hydrogen) atoms. The van der Waals surface area contributed by atoms with Crippen molar-refractivity contribution in [1.29, 1.82) is 0 Å². The maximum Gasteiger partial charge on any atom is 0.290 e. The average Bonchev–Trinajstić information content (AvgIpc) is 2.30. The van der Waals surface area contributed by atoms with Gasteiger partial charge in [-0.05, 0) is 18.5 Å². The molecule has 0 aliphatic carbocycles. The molecule has 0 fully saturated rings. The van der Waals surface area contributed by atoms with Crippen molar-refractivity contribution in [2.75, 3.05) is 6.61 Å². The Hall–Kier alpha value is 0.467. The summed E-state index contributed by atoms with van der Waals surface area (Å²) < 4.78 is 5.97. The zero-order valence-corrected chi connectivity index (χ0v) is 13.1. The fourth-order valence-corrected chi connectivity index (χ4v) is 5.61. The molecule has 0 radical (unpaired) electrons. The maximum atomic E-state index is 6.69.